The molecule has 2 rings (SSSR count). The third-order valence-electron chi connectivity index (χ3n) is 2.13. The third-order valence-corrected chi connectivity index (χ3v) is 2.13. The van der Waals surface area contributed by atoms with Crippen molar-refractivity contribution in [1.29, 1.82) is 0 Å². The Kier molecular flexibility index (Phi) is 2.06. The highest BCUT2D eigenvalue weighted by molar-refractivity contribution is 5.67. The van der Waals surface area contributed by atoms with E-state index in [2.05, 4.69) is 0 Å². The molecular weight excluding hydrogens is 172 g/mol. The molecule has 0 spiro atoms. The maximum atomic E-state index is 10.5. The van der Waals surface area contributed by atoms with Crippen molar-refractivity contribution in [1.82, 2.24) is 0 Å². The van der Waals surface area contributed by atoms with Crippen LogP contribution in [-0.2, 0) is 16.0 Å². The SMILES string of the molecule is O=C(O)CC1OCCc2occc21. The van der Waals surface area contributed by atoms with Crippen molar-refractivity contribution in [2.24, 2.45) is 0 Å². The number of furan rings is 1. The molecule has 1 atom stereocenters. The van der Waals surface area contributed by atoms with Gasteiger partial charge in [0.05, 0.1) is 25.4 Å². The Hall–Kier alpha value is -1.29. The minimum atomic E-state index is -0.848. The molecule has 13 heavy (non-hydrogen) atoms. The summed E-state index contributed by atoms with van der Waals surface area (Å²) in [5.41, 5.74) is 0.883. The fourth-order valence-corrected chi connectivity index (χ4v) is 1.55. The van der Waals surface area contributed by atoms with Gasteiger partial charge in [0.15, 0.2) is 0 Å². The summed E-state index contributed by atoms with van der Waals surface area (Å²) in [6.07, 6.45) is 1.99. The maximum Gasteiger partial charge on any atom is 0.306 e. The van der Waals surface area contributed by atoms with Crippen molar-refractivity contribution in [2.45, 2.75) is 18.9 Å². The minimum Gasteiger partial charge on any atom is -0.481 e. The zero-order valence-corrected chi connectivity index (χ0v) is 7.03. The van der Waals surface area contributed by atoms with Gasteiger partial charge in [-0.2, -0.15) is 0 Å². The van der Waals surface area contributed by atoms with E-state index in [0.29, 0.717) is 6.61 Å². The van der Waals surface area contributed by atoms with Gasteiger partial charge in [0.25, 0.3) is 0 Å². The first-order valence-electron chi connectivity index (χ1n) is 4.17. The maximum absolute atomic E-state index is 10.5. The minimum absolute atomic E-state index is 0.00648. The Balaban J connectivity index is 2.20. The average Bonchev–Trinajstić information content (AvgIpc) is 2.51. The Morgan fingerprint density at radius 1 is 1.69 bits per heavy atom. The normalized spacial score (nSPS) is 21.1. The number of aliphatic carboxylic acids is 1. The van der Waals surface area contributed by atoms with Gasteiger partial charge in [-0.15, -0.1) is 0 Å². The second-order valence-corrected chi connectivity index (χ2v) is 3.01. The number of hydrogen-bond donors (Lipinski definition) is 1. The molecular formula is C9H10O4. The summed E-state index contributed by atoms with van der Waals surface area (Å²) in [4.78, 5) is 10.5. The van der Waals surface area contributed by atoms with Gasteiger partial charge in [0, 0.05) is 12.0 Å². The molecule has 2 heterocycles. The van der Waals surface area contributed by atoms with Crippen molar-refractivity contribution >= 4 is 5.97 Å². The molecule has 0 radical (unpaired) electrons. The molecule has 0 aromatic carbocycles. The lowest BCUT2D eigenvalue weighted by Crippen LogP contribution is -2.17. The molecule has 1 N–H and O–H groups in total. The van der Waals surface area contributed by atoms with Crippen LogP contribution in [0.2, 0.25) is 0 Å². The molecule has 4 nitrogen and oxygen atoms in total. The van der Waals surface area contributed by atoms with E-state index >= 15 is 0 Å². The molecule has 1 aliphatic heterocycles. The molecule has 1 aromatic heterocycles. The van der Waals surface area contributed by atoms with Gasteiger partial charge >= 0.3 is 5.97 Å². The van der Waals surface area contributed by atoms with Crippen LogP contribution < -0.4 is 0 Å². The highest BCUT2D eigenvalue weighted by Gasteiger charge is 2.25. The predicted molar refractivity (Wildman–Crippen MR) is 43.4 cm³/mol. The summed E-state index contributed by atoms with van der Waals surface area (Å²) in [6.45, 7) is 0.540. The predicted octanol–water partition coefficient (Wildman–Crippen LogP) is 1.37. The molecule has 1 aliphatic rings. The van der Waals surface area contributed by atoms with E-state index in [0.717, 1.165) is 17.7 Å². The molecule has 0 amide bonds. The highest BCUT2D eigenvalue weighted by atomic mass is 16.5. The molecule has 0 aliphatic carbocycles. The van der Waals surface area contributed by atoms with Crippen LogP contribution in [0.15, 0.2) is 16.7 Å². The van der Waals surface area contributed by atoms with E-state index in [9.17, 15) is 4.79 Å². The molecule has 0 fully saturated rings. The third kappa shape index (κ3) is 1.58. The number of carbonyl (C=O) groups is 1. The first-order chi connectivity index (χ1) is 6.27. The molecule has 0 bridgehead atoms. The topological polar surface area (TPSA) is 59.7 Å². The Bertz CT molecular complexity index is 315. The quantitative estimate of drug-likeness (QED) is 0.750. The van der Waals surface area contributed by atoms with E-state index in [1.807, 2.05) is 0 Å². The van der Waals surface area contributed by atoms with Gasteiger partial charge in [-0.25, -0.2) is 0 Å². The lowest BCUT2D eigenvalue weighted by Gasteiger charge is -2.20. The van der Waals surface area contributed by atoms with E-state index in [-0.39, 0.29) is 12.5 Å². The van der Waals surface area contributed by atoms with Gasteiger partial charge in [-0.1, -0.05) is 0 Å². The van der Waals surface area contributed by atoms with E-state index in [4.69, 9.17) is 14.3 Å². The number of rotatable bonds is 2. The number of ether oxygens (including phenoxy) is 1. The van der Waals surface area contributed by atoms with Crippen LogP contribution >= 0.6 is 0 Å². The Morgan fingerprint density at radius 3 is 3.31 bits per heavy atom. The standard InChI is InChI=1S/C9H10O4/c10-9(11)5-8-6-1-3-12-7(6)2-4-13-8/h1,3,8H,2,4-5H2,(H,10,11). The van der Waals surface area contributed by atoms with Crippen LogP contribution in [0.4, 0.5) is 0 Å². The molecule has 1 aromatic rings. The van der Waals surface area contributed by atoms with E-state index in [1.165, 1.54) is 0 Å². The second kappa shape index (κ2) is 3.22. The fourth-order valence-electron chi connectivity index (χ4n) is 1.55. The average molecular weight is 182 g/mol. The Labute approximate surface area is 75.1 Å². The number of fused-ring (bicyclic) bond motifs is 1. The van der Waals surface area contributed by atoms with Crippen LogP contribution in [0.25, 0.3) is 0 Å². The molecule has 70 valence electrons. The molecule has 0 saturated carbocycles. The van der Waals surface area contributed by atoms with Crippen molar-refractivity contribution < 1.29 is 19.1 Å². The number of carboxylic acids is 1. The van der Waals surface area contributed by atoms with Crippen LogP contribution in [0, 0.1) is 0 Å². The van der Waals surface area contributed by atoms with Gasteiger partial charge in [-0.3, -0.25) is 4.79 Å². The summed E-state index contributed by atoms with van der Waals surface area (Å²) >= 11 is 0. The second-order valence-electron chi connectivity index (χ2n) is 3.01. The smallest absolute Gasteiger partial charge is 0.306 e. The van der Waals surface area contributed by atoms with Crippen LogP contribution in [0.3, 0.4) is 0 Å². The van der Waals surface area contributed by atoms with E-state index < -0.39 is 5.97 Å². The molecule has 0 saturated heterocycles. The zero-order chi connectivity index (χ0) is 9.26. The molecule has 4 heteroatoms. The van der Waals surface area contributed by atoms with Gasteiger partial charge in [-0.05, 0) is 6.07 Å². The lowest BCUT2D eigenvalue weighted by atomic mass is 10.0. The summed E-state index contributed by atoms with van der Waals surface area (Å²) in [6, 6.07) is 1.78. The summed E-state index contributed by atoms with van der Waals surface area (Å²) < 4.78 is 10.5. The van der Waals surface area contributed by atoms with Crippen LogP contribution in [-0.4, -0.2) is 17.7 Å². The number of carboxylic acid groups (broad SMARTS) is 1. The van der Waals surface area contributed by atoms with Crippen molar-refractivity contribution in [2.75, 3.05) is 6.61 Å². The lowest BCUT2D eigenvalue weighted by molar-refractivity contribution is -0.140. The van der Waals surface area contributed by atoms with Gasteiger partial charge in [0.2, 0.25) is 0 Å². The summed E-state index contributed by atoms with van der Waals surface area (Å²) in [7, 11) is 0. The first kappa shape index (κ1) is 8.31. The summed E-state index contributed by atoms with van der Waals surface area (Å²) in [5, 5.41) is 8.62. The van der Waals surface area contributed by atoms with Gasteiger partial charge in [0.1, 0.15) is 5.76 Å². The van der Waals surface area contributed by atoms with Crippen LogP contribution in [0.1, 0.15) is 23.8 Å². The molecule has 1 unspecified atom stereocenters. The van der Waals surface area contributed by atoms with E-state index in [1.54, 1.807) is 12.3 Å². The van der Waals surface area contributed by atoms with Crippen molar-refractivity contribution in [3.8, 4) is 0 Å². The number of hydrogen-bond acceptors (Lipinski definition) is 3. The first-order valence-corrected chi connectivity index (χ1v) is 4.17. The van der Waals surface area contributed by atoms with Gasteiger partial charge < -0.3 is 14.3 Å². The van der Waals surface area contributed by atoms with Crippen molar-refractivity contribution in [3.63, 3.8) is 0 Å². The summed E-state index contributed by atoms with van der Waals surface area (Å²) in [5.74, 6) is 0.0107. The zero-order valence-electron chi connectivity index (χ0n) is 7.03. The van der Waals surface area contributed by atoms with Crippen LogP contribution in [0.5, 0.6) is 0 Å². The van der Waals surface area contributed by atoms with Crippen molar-refractivity contribution in [3.05, 3.63) is 23.7 Å². The monoisotopic (exact) mass is 182 g/mol. The highest BCUT2D eigenvalue weighted by Crippen LogP contribution is 2.30. The Morgan fingerprint density at radius 2 is 2.54 bits per heavy atom. The largest absolute Gasteiger partial charge is 0.481 e. The fraction of sp³-hybridized carbons (Fsp3) is 0.444.